The van der Waals surface area contributed by atoms with Gasteiger partial charge in [-0.3, -0.25) is 4.98 Å². The molecule has 1 heterocycles. The van der Waals surface area contributed by atoms with Gasteiger partial charge in [0.05, 0.1) is 10.8 Å². The van der Waals surface area contributed by atoms with Crippen molar-refractivity contribution >= 4 is 21.4 Å². The predicted octanol–water partition coefficient (Wildman–Crippen LogP) is 0.971. The second kappa shape index (κ2) is 4.17. The van der Waals surface area contributed by atoms with Gasteiger partial charge in [0.15, 0.2) is 0 Å². The van der Waals surface area contributed by atoms with Crippen LogP contribution in [0.3, 0.4) is 0 Å². The molecule has 0 aliphatic carbocycles. The molecular weight excluding hydrogens is 208 g/mol. The molecule has 0 fully saturated rings. The smallest absolute Gasteiger partial charge is 0.214 e. The predicted molar refractivity (Wildman–Crippen MR) is 53.0 cm³/mol. The number of thiazole rings is 1. The summed E-state index contributed by atoms with van der Waals surface area (Å²) in [6, 6.07) is 0. The van der Waals surface area contributed by atoms with Gasteiger partial charge in [-0.2, -0.15) is 0 Å². The highest BCUT2D eigenvalue weighted by Gasteiger charge is 2.14. The molecular formula is C7H12N2O2S2. The van der Waals surface area contributed by atoms with Crippen LogP contribution in [0, 0.1) is 0 Å². The van der Waals surface area contributed by atoms with Crippen molar-refractivity contribution in [1.29, 1.82) is 0 Å². The van der Waals surface area contributed by atoms with Gasteiger partial charge in [0.25, 0.3) is 0 Å². The summed E-state index contributed by atoms with van der Waals surface area (Å²) in [4.78, 5) is 4.77. The second-order valence-corrected chi connectivity index (χ2v) is 6.18. The van der Waals surface area contributed by atoms with Crippen LogP contribution in [-0.4, -0.2) is 18.7 Å². The number of aromatic nitrogens is 1. The Kier molecular flexibility index (Phi) is 3.40. The van der Waals surface area contributed by atoms with Crippen molar-refractivity contribution < 1.29 is 8.42 Å². The Bertz CT molecular complexity index is 343. The van der Waals surface area contributed by atoms with Gasteiger partial charge in [-0.05, 0) is 13.8 Å². The molecule has 0 aliphatic rings. The van der Waals surface area contributed by atoms with Crippen molar-refractivity contribution in [2.45, 2.75) is 25.6 Å². The normalized spacial score (nSPS) is 12.2. The zero-order valence-electron chi connectivity index (χ0n) is 7.52. The standard InChI is InChI=1S/C7H12N2O2S2/c1-6(2)13(10,11)9-4-7-3-8-5-12-7/h3,5-6,9H,4H2,1-2H3. The highest BCUT2D eigenvalue weighted by Crippen LogP contribution is 2.06. The van der Waals surface area contributed by atoms with Crippen molar-refractivity contribution in [3.05, 3.63) is 16.6 Å². The van der Waals surface area contributed by atoms with Crippen LogP contribution >= 0.6 is 11.3 Å². The Morgan fingerprint density at radius 2 is 2.31 bits per heavy atom. The lowest BCUT2D eigenvalue weighted by Crippen LogP contribution is -2.29. The highest BCUT2D eigenvalue weighted by molar-refractivity contribution is 7.90. The van der Waals surface area contributed by atoms with Gasteiger partial charge in [0, 0.05) is 17.6 Å². The molecule has 1 N–H and O–H groups in total. The zero-order valence-corrected chi connectivity index (χ0v) is 9.15. The van der Waals surface area contributed by atoms with Gasteiger partial charge in [-0.15, -0.1) is 11.3 Å². The van der Waals surface area contributed by atoms with E-state index in [1.54, 1.807) is 25.6 Å². The first kappa shape index (κ1) is 10.6. The molecule has 74 valence electrons. The third-order valence-electron chi connectivity index (χ3n) is 1.55. The maximum Gasteiger partial charge on any atom is 0.214 e. The minimum atomic E-state index is -3.15. The lowest BCUT2D eigenvalue weighted by molar-refractivity contribution is 0.572. The molecule has 0 amide bonds. The maximum atomic E-state index is 11.3. The molecule has 4 nitrogen and oxygen atoms in total. The molecule has 6 heteroatoms. The SMILES string of the molecule is CC(C)S(=O)(=O)NCc1cncs1. The second-order valence-electron chi connectivity index (χ2n) is 2.88. The molecule has 0 unspecified atom stereocenters. The average molecular weight is 220 g/mol. The topological polar surface area (TPSA) is 59.1 Å². The van der Waals surface area contributed by atoms with Gasteiger partial charge in [0.1, 0.15) is 0 Å². The van der Waals surface area contributed by atoms with Gasteiger partial charge in [-0.1, -0.05) is 0 Å². The summed E-state index contributed by atoms with van der Waals surface area (Å²) in [5.74, 6) is 0. The van der Waals surface area contributed by atoms with Crippen LogP contribution in [0.15, 0.2) is 11.7 Å². The van der Waals surface area contributed by atoms with Gasteiger partial charge >= 0.3 is 0 Å². The zero-order chi connectivity index (χ0) is 9.90. The van der Waals surface area contributed by atoms with Crippen molar-refractivity contribution in [3.8, 4) is 0 Å². The quantitative estimate of drug-likeness (QED) is 0.822. The van der Waals surface area contributed by atoms with Crippen molar-refractivity contribution in [3.63, 3.8) is 0 Å². The summed E-state index contributed by atoms with van der Waals surface area (Å²) in [6.07, 6.45) is 1.66. The van der Waals surface area contributed by atoms with E-state index >= 15 is 0 Å². The average Bonchev–Trinajstić information content (AvgIpc) is 2.52. The van der Waals surface area contributed by atoms with Crippen LogP contribution in [0.25, 0.3) is 0 Å². The van der Waals surface area contributed by atoms with Gasteiger partial charge in [0.2, 0.25) is 10.0 Å². The maximum absolute atomic E-state index is 11.3. The van der Waals surface area contributed by atoms with E-state index in [4.69, 9.17) is 0 Å². The molecule has 1 aromatic rings. The molecule has 1 rings (SSSR count). The Balaban J connectivity index is 2.53. The molecule has 1 aromatic heterocycles. The molecule has 0 radical (unpaired) electrons. The van der Waals surface area contributed by atoms with Crippen molar-refractivity contribution in [2.24, 2.45) is 0 Å². The number of hydrogen-bond acceptors (Lipinski definition) is 4. The van der Waals surface area contributed by atoms with E-state index in [2.05, 4.69) is 9.71 Å². The minimum absolute atomic E-state index is 0.338. The summed E-state index contributed by atoms with van der Waals surface area (Å²) >= 11 is 1.44. The number of nitrogens with zero attached hydrogens (tertiary/aromatic N) is 1. The minimum Gasteiger partial charge on any atom is -0.253 e. The van der Waals surface area contributed by atoms with E-state index in [-0.39, 0.29) is 5.25 Å². The molecule has 13 heavy (non-hydrogen) atoms. The van der Waals surface area contributed by atoms with Gasteiger partial charge in [-0.25, -0.2) is 13.1 Å². The molecule has 0 aromatic carbocycles. The van der Waals surface area contributed by atoms with E-state index < -0.39 is 10.0 Å². The third kappa shape index (κ3) is 3.06. The summed E-state index contributed by atoms with van der Waals surface area (Å²) < 4.78 is 25.1. The summed E-state index contributed by atoms with van der Waals surface area (Å²) in [5.41, 5.74) is 1.68. The lowest BCUT2D eigenvalue weighted by atomic mass is 10.6. The van der Waals surface area contributed by atoms with E-state index in [1.165, 1.54) is 11.3 Å². The lowest BCUT2D eigenvalue weighted by Gasteiger charge is -2.07. The molecule has 0 spiro atoms. The molecule has 0 bridgehead atoms. The first-order valence-electron chi connectivity index (χ1n) is 3.88. The van der Waals surface area contributed by atoms with E-state index in [0.717, 1.165) is 4.88 Å². The summed E-state index contributed by atoms with van der Waals surface area (Å²) in [7, 11) is -3.15. The third-order valence-corrected chi connectivity index (χ3v) is 4.12. The Hall–Kier alpha value is -0.460. The Morgan fingerprint density at radius 3 is 2.77 bits per heavy atom. The van der Waals surface area contributed by atoms with E-state index in [0.29, 0.717) is 6.54 Å². The van der Waals surface area contributed by atoms with Crippen molar-refractivity contribution in [1.82, 2.24) is 9.71 Å². The van der Waals surface area contributed by atoms with Crippen LogP contribution in [0.2, 0.25) is 0 Å². The summed E-state index contributed by atoms with van der Waals surface area (Å²) in [5, 5.41) is -0.388. The van der Waals surface area contributed by atoms with Crippen LogP contribution in [0.1, 0.15) is 18.7 Å². The van der Waals surface area contributed by atoms with Crippen LogP contribution in [0.5, 0.6) is 0 Å². The summed E-state index contributed by atoms with van der Waals surface area (Å²) in [6.45, 7) is 3.63. The molecule has 0 atom stereocenters. The first-order valence-corrected chi connectivity index (χ1v) is 6.31. The van der Waals surface area contributed by atoms with E-state index in [9.17, 15) is 8.42 Å². The monoisotopic (exact) mass is 220 g/mol. The fourth-order valence-corrected chi connectivity index (χ4v) is 1.98. The number of nitrogens with one attached hydrogen (secondary N) is 1. The first-order chi connectivity index (χ1) is 6.02. The fourth-order valence-electron chi connectivity index (χ4n) is 0.668. The largest absolute Gasteiger partial charge is 0.253 e. The number of hydrogen-bond donors (Lipinski definition) is 1. The van der Waals surface area contributed by atoms with E-state index in [1.807, 2.05) is 0 Å². The highest BCUT2D eigenvalue weighted by atomic mass is 32.2. The molecule has 0 aliphatic heterocycles. The van der Waals surface area contributed by atoms with Crippen LogP contribution < -0.4 is 4.72 Å². The molecule has 0 saturated carbocycles. The molecule has 0 saturated heterocycles. The number of sulfonamides is 1. The Morgan fingerprint density at radius 1 is 1.62 bits per heavy atom. The van der Waals surface area contributed by atoms with Crippen molar-refractivity contribution in [2.75, 3.05) is 0 Å². The van der Waals surface area contributed by atoms with Gasteiger partial charge < -0.3 is 0 Å². The number of rotatable bonds is 4. The Labute approximate surface area is 82.1 Å². The van der Waals surface area contributed by atoms with Crippen LogP contribution in [0.4, 0.5) is 0 Å². The van der Waals surface area contributed by atoms with Crippen LogP contribution in [-0.2, 0) is 16.6 Å². The fraction of sp³-hybridized carbons (Fsp3) is 0.571.